The van der Waals surface area contributed by atoms with Crippen LogP contribution in [0.3, 0.4) is 0 Å². The maximum Gasteiger partial charge on any atom is 0.303 e. The van der Waals surface area contributed by atoms with Crippen molar-refractivity contribution < 1.29 is 19.4 Å². The van der Waals surface area contributed by atoms with E-state index in [1.807, 2.05) is 38.1 Å². The van der Waals surface area contributed by atoms with Crippen molar-refractivity contribution in [3.63, 3.8) is 0 Å². The van der Waals surface area contributed by atoms with Crippen molar-refractivity contribution >= 4 is 11.9 Å². The molecule has 21 heavy (non-hydrogen) atoms. The van der Waals surface area contributed by atoms with Crippen LogP contribution in [0.5, 0.6) is 5.75 Å². The van der Waals surface area contributed by atoms with Gasteiger partial charge in [0.05, 0.1) is 12.5 Å². The molecule has 0 atom stereocenters. The summed E-state index contributed by atoms with van der Waals surface area (Å²) < 4.78 is 5.60. The van der Waals surface area contributed by atoms with E-state index in [0.29, 0.717) is 19.4 Å². The van der Waals surface area contributed by atoms with Crippen molar-refractivity contribution in [1.29, 1.82) is 0 Å². The Morgan fingerprint density at radius 1 is 1.33 bits per heavy atom. The van der Waals surface area contributed by atoms with Crippen molar-refractivity contribution in [2.24, 2.45) is 0 Å². The lowest BCUT2D eigenvalue weighted by Crippen LogP contribution is -2.29. The van der Waals surface area contributed by atoms with Crippen LogP contribution < -0.4 is 4.74 Å². The summed E-state index contributed by atoms with van der Waals surface area (Å²) in [5, 5.41) is 8.59. The Morgan fingerprint density at radius 2 is 2.05 bits per heavy atom. The molecule has 0 saturated heterocycles. The van der Waals surface area contributed by atoms with Gasteiger partial charge in [0, 0.05) is 20.0 Å². The predicted molar refractivity (Wildman–Crippen MR) is 80.4 cm³/mol. The van der Waals surface area contributed by atoms with Gasteiger partial charge in [0.2, 0.25) is 5.91 Å². The number of benzene rings is 1. The molecule has 0 aliphatic rings. The first-order valence-electron chi connectivity index (χ1n) is 7.10. The minimum Gasteiger partial charge on any atom is -0.491 e. The maximum atomic E-state index is 12.1. The van der Waals surface area contributed by atoms with E-state index in [-0.39, 0.29) is 18.4 Å². The van der Waals surface area contributed by atoms with Crippen molar-refractivity contribution in [2.75, 3.05) is 13.6 Å². The van der Waals surface area contributed by atoms with Crippen LogP contribution in [0.2, 0.25) is 0 Å². The van der Waals surface area contributed by atoms with Gasteiger partial charge in [-0.1, -0.05) is 12.1 Å². The Morgan fingerprint density at radius 3 is 2.67 bits per heavy atom. The van der Waals surface area contributed by atoms with Crippen LogP contribution in [-0.2, 0) is 16.0 Å². The third-order valence-corrected chi connectivity index (χ3v) is 2.94. The number of carboxylic acids is 1. The molecule has 0 aliphatic carbocycles. The number of rotatable bonds is 8. The van der Waals surface area contributed by atoms with Crippen LogP contribution in [0.25, 0.3) is 0 Å². The molecule has 1 N–H and O–H groups in total. The molecule has 116 valence electrons. The van der Waals surface area contributed by atoms with E-state index in [2.05, 4.69) is 0 Å². The molecule has 0 aliphatic heterocycles. The quantitative estimate of drug-likeness (QED) is 0.799. The highest BCUT2D eigenvalue weighted by molar-refractivity contribution is 5.78. The summed E-state index contributed by atoms with van der Waals surface area (Å²) >= 11 is 0. The highest BCUT2D eigenvalue weighted by Crippen LogP contribution is 2.15. The smallest absolute Gasteiger partial charge is 0.303 e. The Hall–Kier alpha value is -2.04. The van der Waals surface area contributed by atoms with Gasteiger partial charge in [0.25, 0.3) is 0 Å². The molecule has 1 amide bonds. The number of hydrogen-bond acceptors (Lipinski definition) is 3. The molecule has 0 bridgehead atoms. The Balaban J connectivity index is 2.51. The zero-order chi connectivity index (χ0) is 15.8. The topological polar surface area (TPSA) is 66.8 Å². The zero-order valence-electron chi connectivity index (χ0n) is 12.8. The fourth-order valence-electron chi connectivity index (χ4n) is 1.90. The van der Waals surface area contributed by atoms with Gasteiger partial charge in [-0.05, 0) is 38.0 Å². The molecule has 0 aromatic heterocycles. The molecule has 0 fully saturated rings. The van der Waals surface area contributed by atoms with E-state index >= 15 is 0 Å². The number of carbonyl (C=O) groups excluding carboxylic acids is 1. The first kappa shape index (κ1) is 17.0. The highest BCUT2D eigenvalue weighted by Gasteiger charge is 2.11. The van der Waals surface area contributed by atoms with Gasteiger partial charge in [0.15, 0.2) is 0 Å². The molecule has 1 rings (SSSR count). The molecule has 0 spiro atoms. The monoisotopic (exact) mass is 293 g/mol. The van der Waals surface area contributed by atoms with Crippen LogP contribution in [0.4, 0.5) is 0 Å². The van der Waals surface area contributed by atoms with E-state index in [9.17, 15) is 9.59 Å². The first-order chi connectivity index (χ1) is 9.88. The van der Waals surface area contributed by atoms with Gasteiger partial charge in [-0.15, -0.1) is 0 Å². The normalized spacial score (nSPS) is 10.5. The molecular weight excluding hydrogens is 270 g/mol. The second-order valence-electron chi connectivity index (χ2n) is 5.30. The summed E-state index contributed by atoms with van der Waals surface area (Å²) in [6.07, 6.45) is 0.928. The fraction of sp³-hybridized carbons (Fsp3) is 0.500. The summed E-state index contributed by atoms with van der Waals surface area (Å²) in [6, 6.07) is 7.48. The summed E-state index contributed by atoms with van der Waals surface area (Å²) in [5.74, 6) is -0.111. The van der Waals surface area contributed by atoms with Crippen LogP contribution >= 0.6 is 0 Å². The maximum absolute atomic E-state index is 12.1. The molecule has 0 unspecified atom stereocenters. The molecule has 0 heterocycles. The molecule has 5 nitrogen and oxygen atoms in total. The number of amides is 1. The number of ether oxygens (including phenoxy) is 1. The molecule has 5 heteroatoms. The molecule has 1 aromatic rings. The molecular formula is C16H23NO4. The molecule has 1 aromatic carbocycles. The van der Waals surface area contributed by atoms with E-state index in [4.69, 9.17) is 9.84 Å². The lowest BCUT2D eigenvalue weighted by Gasteiger charge is -2.17. The minimum atomic E-state index is -0.839. The summed E-state index contributed by atoms with van der Waals surface area (Å²) in [4.78, 5) is 24.1. The van der Waals surface area contributed by atoms with Crippen molar-refractivity contribution in [3.8, 4) is 5.75 Å². The number of hydrogen-bond donors (Lipinski definition) is 1. The number of carboxylic acid groups (broad SMARTS) is 1. The van der Waals surface area contributed by atoms with Crippen LogP contribution in [0.15, 0.2) is 24.3 Å². The van der Waals surface area contributed by atoms with Crippen LogP contribution in [0, 0.1) is 0 Å². The standard InChI is InChI=1S/C16H23NO4/c1-12(2)21-14-7-4-6-13(10-14)11-15(18)17(3)9-5-8-16(19)20/h4,6-7,10,12H,5,8-9,11H2,1-3H3,(H,19,20). The van der Waals surface area contributed by atoms with E-state index < -0.39 is 5.97 Å². The average Bonchev–Trinajstić information content (AvgIpc) is 2.37. The Labute approximate surface area is 125 Å². The number of aliphatic carboxylic acids is 1. The average molecular weight is 293 g/mol. The second kappa shape index (κ2) is 8.29. The SMILES string of the molecule is CC(C)Oc1cccc(CC(=O)N(C)CCCC(=O)O)c1. The number of likely N-dealkylation sites (N-methyl/N-ethyl adjacent to an activating group) is 1. The van der Waals surface area contributed by atoms with E-state index in [1.54, 1.807) is 11.9 Å². The van der Waals surface area contributed by atoms with Crippen LogP contribution in [-0.4, -0.2) is 41.6 Å². The summed E-state index contributed by atoms with van der Waals surface area (Å²) in [5.41, 5.74) is 0.892. The third kappa shape index (κ3) is 6.79. The zero-order valence-corrected chi connectivity index (χ0v) is 12.8. The highest BCUT2D eigenvalue weighted by atomic mass is 16.5. The van der Waals surface area contributed by atoms with Crippen molar-refractivity contribution in [3.05, 3.63) is 29.8 Å². The van der Waals surface area contributed by atoms with Crippen molar-refractivity contribution in [1.82, 2.24) is 4.90 Å². The first-order valence-corrected chi connectivity index (χ1v) is 7.10. The third-order valence-electron chi connectivity index (χ3n) is 2.94. The Bertz CT molecular complexity index is 485. The molecule has 0 saturated carbocycles. The minimum absolute atomic E-state index is 0.0258. The van der Waals surface area contributed by atoms with Gasteiger partial charge in [-0.25, -0.2) is 0 Å². The lowest BCUT2D eigenvalue weighted by atomic mass is 10.1. The van der Waals surface area contributed by atoms with Gasteiger partial charge in [-0.3, -0.25) is 9.59 Å². The second-order valence-corrected chi connectivity index (χ2v) is 5.30. The summed E-state index contributed by atoms with van der Waals surface area (Å²) in [6.45, 7) is 4.36. The summed E-state index contributed by atoms with van der Waals surface area (Å²) in [7, 11) is 1.69. The largest absolute Gasteiger partial charge is 0.491 e. The van der Waals surface area contributed by atoms with Crippen LogP contribution in [0.1, 0.15) is 32.3 Å². The lowest BCUT2D eigenvalue weighted by molar-refractivity contribution is -0.138. The molecule has 0 radical (unpaired) electrons. The van der Waals surface area contributed by atoms with Gasteiger partial charge in [-0.2, -0.15) is 0 Å². The van der Waals surface area contributed by atoms with E-state index in [1.165, 1.54) is 0 Å². The number of nitrogens with zero attached hydrogens (tertiary/aromatic N) is 1. The predicted octanol–water partition coefficient (Wildman–Crippen LogP) is 2.34. The number of carbonyl (C=O) groups is 2. The van der Waals surface area contributed by atoms with Crippen molar-refractivity contribution in [2.45, 2.75) is 39.2 Å². The Kier molecular flexibility index (Phi) is 6.72. The van der Waals surface area contributed by atoms with E-state index in [0.717, 1.165) is 11.3 Å². The van der Waals surface area contributed by atoms with Gasteiger partial charge < -0.3 is 14.7 Å². The van der Waals surface area contributed by atoms with Gasteiger partial charge >= 0.3 is 5.97 Å². The van der Waals surface area contributed by atoms with Gasteiger partial charge in [0.1, 0.15) is 5.75 Å². The fourth-order valence-corrected chi connectivity index (χ4v) is 1.90.